The zero-order valence-electron chi connectivity index (χ0n) is 13.0. The molecule has 1 amide bonds. The Bertz CT molecular complexity index is 638. The molecule has 0 unspecified atom stereocenters. The highest BCUT2D eigenvalue weighted by atomic mass is 16.5. The molecule has 0 bridgehead atoms. The van der Waals surface area contributed by atoms with Crippen LogP contribution in [0.1, 0.15) is 41.2 Å². The van der Waals surface area contributed by atoms with Crippen LogP contribution in [0.15, 0.2) is 40.9 Å². The van der Waals surface area contributed by atoms with Gasteiger partial charge in [0.15, 0.2) is 0 Å². The van der Waals surface area contributed by atoms with Crippen molar-refractivity contribution in [2.45, 2.75) is 32.4 Å². The molecule has 0 spiro atoms. The smallest absolute Gasteiger partial charge is 0.290 e. The number of aromatic nitrogens is 1. The third-order valence-corrected chi connectivity index (χ3v) is 4.24. The first-order valence-electron chi connectivity index (χ1n) is 7.66. The van der Waals surface area contributed by atoms with Gasteiger partial charge in [-0.25, -0.2) is 0 Å². The first-order valence-corrected chi connectivity index (χ1v) is 7.66. The lowest BCUT2D eigenvalue weighted by molar-refractivity contribution is 0.0899. The van der Waals surface area contributed by atoms with Crippen LogP contribution in [-0.2, 0) is 0 Å². The number of likely N-dealkylation sites (tertiary alicyclic amines) is 1. The zero-order chi connectivity index (χ0) is 15.5. The first-order chi connectivity index (χ1) is 10.6. The summed E-state index contributed by atoms with van der Waals surface area (Å²) in [5, 5.41) is 6.78. The van der Waals surface area contributed by atoms with Crippen molar-refractivity contribution in [2.24, 2.45) is 0 Å². The Labute approximate surface area is 130 Å². The minimum Gasteiger partial charge on any atom is -0.351 e. The molecule has 5 nitrogen and oxygen atoms in total. The van der Waals surface area contributed by atoms with Crippen molar-refractivity contribution < 1.29 is 9.32 Å². The summed E-state index contributed by atoms with van der Waals surface area (Å²) in [6.45, 7) is 5.85. The number of benzene rings is 1. The molecule has 1 aromatic carbocycles. The van der Waals surface area contributed by atoms with E-state index in [-0.39, 0.29) is 17.7 Å². The van der Waals surface area contributed by atoms with Gasteiger partial charge in [-0.3, -0.25) is 9.69 Å². The monoisotopic (exact) mass is 299 g/mol. The average Bonchev–Trinajstić information content (AvgIpc) is 3.16. The van der Waals surface area contributed by atoms with Crippen LogP contribution in [-0.4, -0.2) is 35.1 Å². The van der Waals surface area contributed by atoms with Crippen molar-refractivity contribution in [3.8, 4) is 0 Å². The van der Waals surface area contributed by atoms with Crippen LogP contribution in [0.2, 0.25) is 0 Å². The van der Waals surface area contributed by atoms with E-state index in [1.807, 2.05) is 6.07 Å². The van der Waals surface area contributed by atoms with Crippen LogP contribution < -0.4 is 5.32 Å². The summed E-state index contributed by atoms with van der Waals surface area (Å²) in [6, 6.07) is 12.6. The fraction of sp³-hybridized carbons (Fsp3) is 0.412. The fourth-order valence-electron chi connectivity index (χ4n) is 2.93. The molecule has 0 aliphatic carbocycles. The Kier molecular flexibility index (Phi) is 4.24. The molecule has 1 N–H and O–H groups in total. The topological polar surface area (TPSA) is 58.4 Å². The van der Waals surface area contributed by atoms with Gasteiger partial charge in [0, 0.05) is 31.2 Å². The van der Waals surface area contributed by atoms with Crippen LogP contribution in [0.25, 0.3) is 0 Å². The van der Waals surface area contributed by atoms with Gasteiger partial charge in [0.1, 0.15) is 0 Å². The van der Waals surface area contributed by atoms with Gasteiger partial charge < -0.3 is 9.84 Å². The Balaban J connectivity index is 1.57. The van der Waals surface area contributed by atoms with Crippen LogP contribution in [0.3, 0.4) is 0 Å². The van der Waals surface area contributed by atoms with E-state index in [1.54, 1.807) is 13.0 Å². The Morgan fingerprint density at radius 3 is 2.86 bits per heavy atom. The van der Waals surface area contributed by atoms with Crippen molar-refractivity contribution >= 4 is 5.91 Å². The lowest BCUT2D eigenvalue weighted by Crippen LogP contribution is -2.37. The van der Waals surface area contributed by atoms with Crippen molar-refractivity contribution in [3.05, 3.63) is 53.4 Å². The molecule has 0 radical (unpaired) electrons. The van der Waals surface area contributed by atoms with Gasteiger partial charge in [-0.15, -0.1) is 0 Å². The maximum atomic E-state index is 12.1. The molecule has 2 aromatic rings. The quantitative estimate of drug-likeness (QED) is 0.942. The van der Waals surface area contributed by atoms with E-state index in [0.29, 0.717) is 6.04 Å². The Hall–Kier alpha value is -2.14. The van der Waals surface area contributed by atoms with Gasteiger partial charge in [0.25, 0.3) is 5.91 Å². The molecule has 22 heavy (non-hydrogen) atoms. The van der Waals surface area contributed by atoms with Gasteiger partial charge in [-0.2, -0.15) is 0 Å². The van der Waals surface area contributed by atoms with E-state index in [9.17, 15) is 4.79 Å². The van der Waals surface area contributed by atoms with Crippen molar-refractivity contribution in [2.75, 3.05) is 13.1 Å². The SMILES string of the molecule is Cc1cc(C(=O)N[C@@H]2CCN([C@H](C)c3ccccc3)C2)on1. The molecule has 1 fully saturated rings. The third kappa shape index (κ3) is 3.20. The molecule has 1 aromatic heterocycles. The molecule has 3 rings (SSSR count). The van der Waals surface area contributed by atoms with E-state index in [0.717, 1.165) is 25.2 Å². The molecule has 1 aliphatic heterocycles. The number of hydrogen-bond donors (Lipinski definition) is 1. The standard InChI is InChI=1S/C17H21N3O2/c1-12-10-16(22-19-12)17(21)18-15-8-9-20(11-15)13(2)14-6-4-3-5-7-14/h3-7,10,13,15H,8-9,11H2,1-2H3,(H,18,21)/t13-,15-/m1/s1. The number of nitrogens with zero attached hydrogens (tertiary/aromatic N) is 2. The molecular formula is C17H21N3O2. The molecule has 2 atom stereocenters. The van der Waals surface area contributed by atoms with E-state index < -0.39 is 0 Å². The summed E-state index contributed by atoms with van der Waals surface area (Å²) in [7, 11) is 0. The summed E-state index contributed by atoms with van der Waals surface area (Å²) in [5.41, 5.74) is 2.02. The second kappa shape index (κ2) is 6.32. The maximum absolute atomic E-state index is 12.1. The zero-order valence-corrected chi connectivity index (χ0v) is 13.0. The average molecular weight is 299 g/mol. The molecule has 1 saturated heterocycles. The maximum Gasteiger partial charge on any atom is 0.290 e. The lowest BCUT2D eigenvalue weighted by atomic mass is 10.1. The highest BCUT2D eigenvalue weighted by Gasteiger charge is 2.28. The van der Waals surface area contributed by atoms with Crippen LogP contribution in [0.5, 0.6) is 0 Å². The highest BCUT2D eigenvalue weighted by molar-refractivity contribution is 5.91. The number of rotatable bonds is 4. The number of nitrogens with one attached hydrogen (secondary N) is 1. The summed E-state index contributed by atoms with van der Waals surface area (Å²) >= 11 is 0. The van der Waals surface area contributed by atoms with E-state index >= 15 is 0 Å². The Morgan fingerprint density at radius 1 is 1.41 bits per heavy atom. The largest absolute Gasteiger partial charge is 0.351 e. The van der Waals surface area contributed by atoms with Crippen LogP contribution in [0.4, 0.5) is 0 Å². The molecule has 2 heterocycles. The predicted molar refractivity (Wildman–Crippen MR) is 83.5 cm³/mol. The minimum absolute atomic E-state index is 0.157. The third-order valence-electron chi connectivity index (χ3n) is 4.24. The minimum atomic E-state index is -0.181. The summed E-state index contributed by atoms with van der Waals surface area (Å²) in [6.07, 6.45) is 0.954. The van der Waals surface area contributed by atoms with Crippen molar-refractivity contribution in [1.29, 1.82) is 0 Å². The molecule has 1 aliphatic rings. The number of aryl methyl sites for hydroxylation is 1. The summed E-state index contributed by atoms with van der Waals surface area (Å²) in [4.78, 5) is 14.5. The molecular weight excluding hydrogens is 278 g/mol. The van der Waals surface area contributed by atoms with Gasteiger partial charge in [0.2, 0.25) is 5.76 Å². The summed E-state index contributed by atoms with van der Waals surface area (Å²) in [5.74, 6) is 0.104. The van der Waals surface area contributed by atoms with E-state index in [1.165, 1.54) is 5.56 Å². The number of carbonyl (C=O) groups excluding carboxylic acids is 1. The van der Waals surface area contributed by atoms with Crippen molar-refractivity contribution in [3.63, 3.8) is 0 Å². The highest BCUT2D eigenvalue weighted by Crippen LogP contribution is 2.24. The molecule has 5 heteroatoms. The molecule has 116 valence electrons. The first kappa shape index (κ1) is 14.8. The number of hydrogen-bond acceptors (Lipinski definition) is 4. The fourth-order valence-corrected chi connectivity index (χ4v) is 2.93. The van der Waals surface area contributed by atoms with E-state index in [2.05, 4.69) is 46.6 Å². The normalized spacial score (nSPS) is 20.0. The van der Waals surface area contributed by atoms with Crippen LogP contribution in [0, 0.1) is 6.92 Å². The van der Waals surface area contributed by atoms with Gasteiger partial charge in [-0.05, 0) is 25.8 Å². The van der Waals surface area contributed by atoms with Crippen LogP contribution >= 0.6 is 0 Å². The second-order valence-corrected chi connectivity index (χ2v) is 5.87. The Morgan fingerprint density at radius 2 is 2.18 bits per heavy atom. The van der Waals surface area contributed by atoms with Gasteiger partial charge in [-0.1, -0.05) is 35.5 Å². The lowest BCUT2D eigenvalue weighted by Gasteiger charge is -2.24. The number of carbonyl (C=O) groups is 1. The van der Waals surface area contributed by atoms with Gasteiger partial charge >= 0.3 is 0 Å². The van der Waals surface area contributed by atoms with Gasteiger partial charge in [0.05, 0.1) is 5.69 Å². The number of amides is 1. The summed E-state index contributed by atoms with van der Waals surface area (Å²) < 4.78 is 5.00. The van der Waals surface area contributed by atoms with E-state index in [4.69, 9.17) is 4.52 Å². The second-order valence-electron chi connectivity index (χ2n) is 5.87. The van der Waals surface area contributed by atoms with Crippen molar-refractivity contribution in [1.82, 2.24) is 15.4 Å². The predicted octanol–water partition coefficient (Wildman–Crippen LogP) is 2.55. The molecule has 0 saturated carbocycles.